The van der Waals surface area contributed by atoms with Crippen LogP contribution in [0.25, 0.3) is 11.1 Å². The van der Waals surface area contributed by atoms with Gasteiger partial charge in [0.25, 0.3) is 5.87 Å². The topological polar surface area (TPSA) is 36.4 Å². The zero-order valence-electron chi connectivity index (χ0n) is 26.9. The molecule has 230 valence electrons. The Hall–Kier alpha value is -2.17. The average Bonchev–Trinajstić information content (AvgIpc) is 2.94. The van der Waals surface area contributed by atoms with Crippen LogP contribution < -0.4 is 0 Å². The standard InChI is InChI=1S/C36H52N2.2CH3.Ni/c1-4-7-10-12-14-16-21-32-23-19-26-35(30-32)36(34-25-18-22-31(29-34)20-9-6-3)33(27-28-38-37)24-17-15-13-11-8-5-2;;;/h18-19,22-23,25-27,29-30H,4-17,20-21,24H2,1-3H3;2*1H3;/q;2*-1;+2. The molecule has 0 amide bonds. The third kappa shape index (κ3) is 16.8. The first-order valence-corrected chi connectivity index (χ1v) is 15.6. The summed E-state index contributed by atoms with van der Waals surface area (Å²) in [6, 6.07) is 18.2. The first-order chi connectivity index (χ1) is 18.7. The number of nitrogens with zero attached hydrogens (tertiary/aromatic N) is 2. The van der Waals surface area contributed by atoms with E-state index in [1.165, 1.54) is 117 Å². The number of unbranched alkanes of at least 4 members (excludes halogenated alkanes) is 11. The molecule has 2 rings (SSSR count). The molecule has 41 heavy (non-hydrogen) atoms. The fourth-order valence-electron chi connectivity index (χ4n) is 5.26. The summed E-state index contributed by atoms with van der Waals surface area (Å²) in [6.07, 6.45) is 23.0. The van der Waals surface area contributed by atoms with Crippen LogP contribution in [0, 0.1) is 14.9 Å². The van der Waals surface area contributed by atoms with Crippen molar-refractivity contribution in [1.82, 2.24) is 0 Å². The fraction of sp³-hybridized carbons (Fsp3) is 0.526. The van der Waals surface area contributed by atoms with Gasteiger partial charge in [0.2, 0.25) is 0 Å². The Kier molecular flexibility index (Phi) is 26.7. The van der Waals surface area contributed by atoms with E-state index in [0.29, 0.717) is 0 Å². The van der Waals surface area contributed by atoms with E-state index in [1.807, 2.05) is 6.08 Å². The van der Waals surface area contributed by atoms with Gasteiger partial charge in [-0.15, -0.1) is 4.79 Å². The summed E-state index contributed by atoms with van der Waals surface area (Å²) in [6.45, 7) is 6.79. The zero-order chi connectivity index (χ0) is 27.3. The Morgan fingerprint density at radius 3 is 1.63 bits per heavy atom. The summed E-state index contributed by atoms with van der Waals surface area (Å²) in [4.78, 5) is 3.22. The monoisotopic (exact) mass is 600 g/mol. The largest absolute Gasteiger partial charge is 2.00 e. The van der Waals surface area contributed by atoms with Crippen molar-refractivity contribution in [2.45, 2.75) is 130 Å². The molecule has 0 atom stereocenters. The average molecular weight is 602 g/mol. The minimum Gasteiger partial charge on any atom is -0.358 e. The van der Waals surface area contributed by atoms with Gasteiger partial charge >= 0.3 is 16.5 Å². The molecule has 2 aromatic rings. The van der Waals surface area contributed by atoms with Crippen molar-refractivity contribution >= 4 is 11.4 Å². The molecule has 0 aliphatic carbocycles. The third-order valence-corrected chi connectivity index (χ3v) is 7.49. The molecule has 0 saturated heterocycles. The van der Waals surface area contributed by atoms with Gasteiger partial charge in [-0.05, 0) is 71.9 Å². The van der Waals surface area contributed by atoms with Crippen LogP contribution in [0.15, 0.2) is 60.2 Å². The summed E-state index contributed by atoms with van der Waals surface area (Å²) >= 11 is 0. The summed E-state index contributed by atoms with van der Waals surface area (Å²) in [5, 5.41) is 0. The van der Waals surface area contributed by atoms with Crippen molar-refractivity contribution in [1.29, 1.82) is 0 Å². The maximum absolute atomic E-state index is 9.23. The Labute approximate surface area is 264 Å². The fourth-order valence-corrected chi connectivity index (χ4v) is 5.26. The van der Waals surface area contributed by atoms with E-state index in [2.05, 4.69) is 80.0 Å². The quantitative estimate of drug-likeness (QED) is 0.0275. The minimum absolute atomic E-state index is 0. The van der Waals surface area contributed by atoms with Crippen molar-refractivity contribution < 1.29 is 21.3 Å². The molecule has 0 aliphatic heterocycles. The van der Waals surface area contributed by atoms with Crippen LogP contribution in [0.3, 0.4) is 0 Å². The summed E-state index contributed by atoms with van der Waals surface area (Å²) in [5.41, 5.74) is 17.0. The number of allylic oxidation sites excluding steroid dienone is 2. The molecule has 0 radical (unpaired) electrons. The van der Waals surface area contributed by atoms with Crippen LogP contribution in [-0.2, 0) is 29.3 Å². The molecule has 0 aromatic heterocycles. The molecule has 3 heteroatoms. The van der Waals surface area contributed by atoms with Gasteiger partial charge in [0.05, 0.1) is 6.08 Å². The number of hydrogen-bond acceptors (Lipinski definition) is 0. The molecule has 0 N–H and O–H groups in total. The van der Waals surface area contributed by atoms with E-state index in [0.717, 1.165) is 25.7 Å². The van der Waals surface area contributed by atoms with Gasteiger partial charge in [-0.2, -0.15) is 0 Å². The van der Waals surface area contributed by atoms with Gasteiger partial charge in [-0.25, -0.2) is 0 Å². The second-order valence-electron chi connectivity index (χ2n) is 10.8. The maximum Gasteiger partial charge on any atom is 2.00 e. The Bertz CT molecular complexity index is 1040. The SMILES string of the molecule is CCCCCCCCC(C=C=[N+]=[N-])=C(c1cccc(CCCC)c1)c1cccc(CCCCCCCC)c1.[CH3-].[CH3-].[Ni+2]. The molecular weight excluding hydrogens is 543 g/mol. The summed E-state index contributed by atoms with van der Waals surface area (Å²) in [7, 11) is 0. The molecule has 0 fully saturated rings. The smallest absolute Gasteiger partial charge is 0.358 e. The van der Waals surface area contributed by atoms with Gasteiger partial charge < -0.3 is 20.4 Å². The zero-order valence-corrected chi connectivity index (χ0v) is 27.9. The molecular formula is C38H58N2Ni. The van der Waals surface area contributed by atoms with Crippen molar-refractivity contribution in [3.8, 4) is 0 Å². The van der Waals surface area contributed by atoms with E-state index >= 15 is 0 Å². The molecule has 2 aromatic carbocycles. The molecule has 0 heterocycles. The molecule has 0 unspecified atom stereocenters. The van der Waals surface area contributed by atoms with Crippen LogP contribution in [0.2, 0.25) is 0 Å². The van der Waals surface area contributed by atoms with Gasteiger partial charge in [-0.1, -0.05) is 140 Å². The molecule has 0 spiro atoms. The molecule has 2 nitrogen and oxygen atoms in total. The van der Waals surface area contributed by atoms with Gasteiger partial charge in [0.1, 0.15) is 0 Å². The van der Waals surface area contributed by atoms with Crippen molar-refractivity contribution in [2.75, 3.05) is 0 Å². The van der Waals surface area contributed by atoms with Crippen LogP contribution >= 0.6 is 0 Å². The molecule has 0 bridgehead atoms. The summed E-state index contributed by atoms with van der Waals surface area (Å²) in [5.74, 6) is 2.75. The maximum atomic E-state index is 9.23. The normalized spacial score (nSPS) is 10.7. The van der Waals surface area contributed by atoms with Gasteiger partial charge in [0.15, 0.2) is 0 Å². The van der Waals surface area contributed by atoms with Gasteiger partial charge in [-0.3, -0.25) is 0 Å². The number of rotatable bonds is 20. The first-order valence-electron chi connectivity index (χ1n) is 15.6. The molecule has 0 saturated carbocycles. The van der Waals surface area contributed by atoms with E-state index in [-0.39, 0.29) is 31.3 Å². The molecule has 0 aliphatic rings. The van der Waals surface area contributed by atoms with Crippen molar-refractivity contribution in [2.24, 2.45) is 0 Å². The predicted molar refractivity (Wildman–Crippen MR) is 179 cm³/mol. The summed E-state index contributed by atoms with van der Waals surface area (Å²) < 4.78 is 0. The first kappa shape index (κ1) is 41.0. The van der Waals surface area contributed by atoms with E-state index < -0.39 is 0 Å². The number of aryl methyl sites for hydroxylation is 2. The van der Waals surface area contributed by atoms with Crippen LogP contribution in [0.1, 0.15) is 139 Å². The number of hydrogen-bond donors (Lipinski definition) is 0. The van der Waals surface area contributed by atoms with E-state index in [1.54, 1.807) is 0 Å². The Morgan fingerprint density at radius 1 is 0.659 bits per heavy atom. The van der Waals surface area contributed by atoms with Crippen LogP contribution in [-0.4, -0.2) is 10.7 Å². The number of benzene rings is 2. The van der Waals surface area contributed by atoms with Gasteiger partial charge in [0, 0.05) is 0 Å². The van der Waals surface area contributed by atoms with E-state index in [9.17, 15) is 5.53 Å². The minimum atomic E-state index is 0. The second kappa shape index (κ2) is 26.7. The van der Waals surface area contributed by atoms with Crippen LogP contribution in [0.4, 0.5) is 0 Å². The Morgan fingerprint density at radius 2 is 1.12 bits per heavy atom. The van der Waals surface area contributed by atoms with Crippen molar-refractivity contribution in [3.63, 3.8) is 0 Å². The predicted octanol–water partition coefficient (Wildman–Crippen LogP) is 11.8. The van der Waals surface area contributed by atoms with E-state index in [4.69, 9.17) is 0 Å². The van der Waals surface area contributed by atoms with Crippen LogP contribution in [0.5, 0.6) is 0 Å². The second-order valence-corrected chi connectivity index (χ2v) is 10.8. The van der Waals surface area contributed by atoms with Crippen molar-refractivity contribution in [3.05, 3.63) is 103 Å². The Balaban J connectivity index is 0. The third-order valence-electron chi connectivity index (χ3n) is 7.49.